The molecule has 11 heavy (non-hydrogen) atoms. The molecule has 0 saturated heterocycles. The first kappa shape index (κ1) is 9.95. The fourth-order valence-electron chi connectivity index (χ4n) is 0.554. The second-order valence-corrected chi connectivity index (χ2v) is 2.10. The summed E-state index contributed by atoms with van der Waals surface area (Å²) >= 11 is 0. The third-order valence-corrected chi connectivity index (χ3v) is 1.14. The molecule has 0 bridgehead atoms. The molecule has 0 N–H and O–H groups in total. The van der Waals surface area contributed by atoms with Gasteiger partial charge in [-0.3, -0.25) is 0 Å². The third kappa shape index (κ3) is 4.37. The fourth-order valence-corrected chi connectivity index (χ4v) is 0.554. The van der Waals surface area contributed by atoms with Gasteiger partial charge in [0.25, 0.3) is 0 Å². The minimum atomic E-state index is -0.245. The van der Waals surface area contributed by atoms with E-state index in [0.29, 0.717) is 12.2 Å². The molecular formula is C9H14O2. The van der Waals surface area contributed by atoms with Gasteiger partial charge in [-0.1, -0.05) is 18.2 Å². The molecule has 0 aliphatic heterocycles. The van der Waals surface area contributed by atoms with E-state index in [0.717, 1.165) is 0 Å². The van der Waals surface area contributed by atoms with Crippen LogP contribution in [0.4, 0.5) is 0 Å². The topological polar surface area (TPSA) is 26.3 Å². The normalized spacial score (nSPS) is 12.1. The summed E-state index contributed by atoms with van der Waals surface area (Å²) in [5, 5.41) is 0. The van der Waals surface area contributed by atoms with Gasteiger partial charge in [-0.25, -0.2) is 4.79 Å². The van der Waals surface area contributed by atoms with Gasteiger partial charge in [0.1, 0.15) is 0 Å². The van der Waals surface area contributed by atoms with Crippen molar-refractivity contribution in [1.29, 1.82) is 0 Å². The summed E-state index contributed by atoms with van der Waals surface area (Å²) in [4.78, 5) is 10.9. The third-order valence-electron chi connectivity index (χ3n) is 1.14. The second kappa shape index (κ2) is 5.71. The van der Waals surface area contributed by atoms with Crippen molar-refractivity contribution in [1.82, 2.24) is 0 Å². The lowest BCUT2D eigenvalue weighted by molar-refractivity contribution is -0.138. The van der Waals surface area contributed by atoms with Crippen LogP contribution in [-0.4, -0.2) is 12.6 Å². The van der Waals surface area contributed by atoms with E-state index in [-0.39, 0.29) is 5.97 Å². The predicted molar refractivity (Wildman–Crippen MR) is 45.2 cm³/mol. The minimum Gasteiger partial charge on any atom is -0.463 e. The molecule has 0 fully saturated rings. The molecule has 0 aliphatic carbocycles. The van der Waals surface area contributed by atoms with Crippen LogP contribution < -0.4 is 0 Å². The summed E-state index contributed by atoms with van der Waals surface area (Å²) in [5.74, 6) is -0.245. The van der Waals surface area contributed by atoms with Gasteiger partial charge in [0.15, 0.2) is 0 Å². The maximum atomic E-state index is 10.9. The van der Waals surface area contributed by atoms with Crippen molar-refractivity contribution in [3.63, 3.8) is 0 Å². The Kier molecular flexibility index (Phi) is 5.17. The molecule has 0 rings (SSSR count). The van der Waals surface area contributed by atoms with Gasteiger partial charge in [-0.05, 0) is 20.8 Å². The highest BCUT2D eigenvalue weighted by Gasteiger charge is 2.01. The van der Waals surface area contributed by atoms with Crippen molar-refractivity contribution in [2.24, 2.45) is 0 Å². The first-order valence-corrected chi connectivity index (χ1v) is 3.69. The Labute approximate surface area is 67.6 Å². The van der Waals surface area contributed by atoms with Crippen LogP contribution in [0.5, 0.6) is 0 Å². The zero-order valence-corrected chi connectivity index (χ0v) is 7.26. The summed E-state index contributed by atoms with van der Waals surface area (Å²) in [6.07, 6.45) is 5.41. The first-order valence-electron chi connectivity index (χ1n) is 3.69. The molecule has 0 amide bonds. The van der Waals surface area contributed by atoms with E-state index in [9.17, 15) is 4.79 Å². The molecular weight excluding hydrogens is 140 g/mol. The molecule has 2 nitrogen and oxygen atoms in total. The summed E-state index contributed by atoms with van der Waals surface area (Å²) < 4.78 is 4.76. The van der Waals surface area contributed by atoms with Gasteiger partial charge in [-0.15, -0.1) is 0 Å². The molecule has 0 spiro atoms. The number of carbonyl (C=O) groups excluding carboxylic acids is 1. The Balaban J connectivity index is 4.00. The van der Waals surface area contributed by atoms with Crippen LogP contribution in [0.15, 0.2) is 23.8 Å². The van der Waals surface area contributed by atoms with Crippen molar-refractivity contribution in [2.75, 3.05) is 6.61 Å². The number of rotatable bonds is 3. The Hall–Kier alpha value is -1.05. The maximum Gasteiger partial charge on any atom is 0.333 e. The van der Waals surface area contributed by atoms with Gasteiger partial charge in [0.05, 0.1) is 6.61 Å². The summed E-state index contributed by atoms with van der Waals surface area (Å²) in [6, 6.07) is 0. The average molecular weight is 154 g/mol. The molecule has 0 unspecified atom stereocenters. The fraction of sp³-hybridized carbons (Fsp3) is 0.444. The standard InChI is InChI=1S/C9H14O2/c1-4-6-7-8(3)9(10)11-5-2/h4,6-7H,5H2,1-3H3/b6-4+,8-7+. The largest absolute Gasteiger partial charge is 0.463 e. The number of ether oxygens (including phenoxy) is 1. The number of hydrogen-bond acceptors (Lipinski definition) is 2. The molecule has 62 valence electrons. The summed E-state index contributed by atoms with van der Waals surface area (Å²) in [5.41, 5.74) is 0.630. The zero-order valence-electron chi connectivity index (χ0n) is 7.26. The highest BCUT2D eigenvalue weighted by molar-refractivity contribution is 5.88. The van der Waals surface area contributed by atoms with Gasteiger partial charge < -0.3 is 4.74 Å². The van der Waals surface area contributed by atoms with Crippen molar-refractivity contribution in [3.05, 3.63) is 23.8 Å². The van der Waals surface area contributed by atoms with Crippen LogP contribution in [0, 0.1) is 0 Å². The maximum absolute atomic E-state index is 10.9. The number of allylic oxidation sites excluding steroid dienone is 3. The lowest BCUT2D eigenvalue weighted by atomic mass is 10.3. The number of hydrogen-bond donors (Lipinski definition) is 0. The van der Waals surface area contributed by atoms with Crippen LogP contribution in [-0.2, 0) is 9.53 Å². The van der Waals surface area contributed by atoms with Crippen LogP contribution in [0.3, 0.4) is 0 Å². The summed E-state index contributed by atoms with van der Waals surface area (Å²) in [7, 11) is 0. The molecule has 0 atom stereocenters. The van der Waals surface area contributed by atoms with E-state index in [1.807, 2.05) is 19.1 Å². The predicted octanol–water partition coefficient (Wildman–Crippen LogP) is 2.07. The van der Waals surface area contributed by atoms with Crippen LogP contribution >= 0.6 is 0 Å². The Morgan fingerprint density at radius 2 is 2.18 bits per heavy atom. The number of esters is 1. The number of carbonyl (C=O) groups is 1. The second-order valence-electron chi connectivity index (χ2n) is 2.10. The molecule has 0 aliphatic rings. The molecule has 0 saturated carbocycles. The van der Waals surface area contributed by atoms with E-state index in [2.05, 4.69) is 0 Å². The van der Waals surface area contributed by atoms with Crippen LogP contribution in [0.25, 0.3) is 0 Å². The lowest BCUT2D eigenvalue weighted by Crippen LogP contribution is -2.04. The molecule has 2 heteroatoms. The molecule has 0 aromatic heterocycles. The van der Waals surface area contributed by atoms with Gasteiger partial charge >= 0.3 is 5.97 Å². The Morgan fingerprint density at radius 3 is 2.64 bits per heavy atom. The SMILES string of the molecule is C/C=C/C=C(\C)C(=O)OCC. The van der Waals surface area contributed by atoms with Crippen molar-refractivity contribution >= 4 is 5.97 Å². The van der Waals surface area contributed by atoms with Crippen molar-refractivity contribution in [2.45, 2.75) is 20.8 Å². The molecule has 0 radical (unpaired) electrons. The lowest BCUT2D eigenvalue weighted by Gasteiger charge is -1.98. The van der Waals surface area contributed by atoms with Gasteiger partial charge in [-0.2, -0.15) is 0 Å². The first-order chi connectivity index (χ1) is 5.22. The molecule has 0 aromatic carbocycles. The van der Waals surface area contributed by atoms with Crippen LogP contribution in [0.2, 0.25) is 0 Å². The van der Waals surface area contributed by atoms with E-state index in [1.54, 1.807) is 19.9 Å². The zero-order chi connectivity index (χ0) is 8.69. The average Bonchev–Trinajstić information content (AvgIpc) is 2.00. The van der Waals surface area contributed by atoms with E-state index < -0.39 is 0 Å². The van der Waals surface area contributed by atoms with E-state index >= 15 is 0 Å². The Morgan fingerprint density at radius 1 is 1.55 bits per heavy atom. The smallest absolute Gasteiger partial charge is 0.333 e. The van der Waals surface area contributed by atoms with E-state index in [1.165, 1.54) is 0 Å². The Bertz CT molecular complexity index is 178. The monoisotopic (exact) mass is 154 g/mol. The summed E-state index contributed by atoms with van der Waals surface area (Å²) in [6.45, 7) is 5.85. The van der Waals surface area contributed by atoms with E-state index in [4.69, 9.17) is 4.74 Å². The molecule has 0 heterocycles. The minimum absolute atomic E-state index is 0.245. The van der Waals surface area contributed by atoms with Crippen molar-refractivity contribution in [3.8, 4) is 0 Å². The van der Waals surface area contributed by atoms with Gasteiger partial charge in [0, 0.05) is 5.57 Å². The quantitative estimate of drug-likeness (QED) is 0.353. The highest BCUT2D eigenvalue weighted by atomic mass is 16.5. The molecule has 0 aromatic rings. The van der Waals surface area contributed by atoms with Crippen LogP contribution in [0.1, 0.15) is 20.8 Å². The van der Waals surface area contributed by atoms with Crippen molar-refractivity contribution < 1.29 is 9.53 Å². The highest BCUT2D eigenvalue weighted by Crippen LogP contribution is 1.96. The van der Waals surface area contributed by atoms with Gasteiger partial charge in [0.2, 0.25) is 0 Å².